The predicted molar refractivity (Wildman–Crippen MR) is 100 cm³/mol. The molecule has 2 aliphatic rings. The second kappa shape index (κ2) is 6.15. The lowest BCUT2D eigenvalue weighted by Gasteiger charge is -2.39. The third kappa shape index (κ3) is 2.71. The van der Waals surface area contributed by atoms with Gasteiger partial charge in [-0.1, -0.05) is 41.6 Å². The number of carbonyl (C=O) groups is 1. The van der Waals surface area contributed by atoms with Gasteiger partial charge in [-0.3, -0.25) is 4.79 Å². The predicted octanol–water partition coefficient (Wildman–Crippen LogP) is 1.79. The van der Waals surface area contributed by atoms with Crippen LogP contribution >= 0.6 is 0 Å². The van der Waals surface area contributed by atoms with Crippen LogP contribution in [0.15, 0.2) is 54.7 Å². The molecule has 1 spiro atoms. The van der Waals surface area contributed by atoms with E-state index in [0.717, 1.165) is 41.5 Å². The van der Waals surface area contributed by atoms with Crippen LogP contribution < -0.4 is 5.46 Å². The topological polar surface area (TPSA) is 77.2 Å². The lowest BCUT2D eigenvalue weighted by Crippen LogP contribution is -2.35. The van der Waals surface area contributed by atoms with E-state index in [4.69, 9.17) is 4.65 Å². The monoisotopic (exact) mass is 359 g/mol. The van der Waals surface area contributed by atoms with Gasteiger partial charge in [-0.2, -0.15) is 0 Å². The molecule has 6 nitrogen and oxygen atoms in total. The Bertz CT molecular complexity index is 1010. The van der Waals surface area contributed by atoms with Gasteiger partial charge < -0.3 is 9.68 Å². The summed E-state index contributed by atoms with van der Waals surface area (Å²) in [5.74, 6) is -0.108. The molecule has 1 fully saturated rings. The molecule has 27 heavy (non-hydrogen) atoms. The second-order valence-electron chi connectivity index (χ2n) is 7.22. The number of Topliss-reactive ketones (excluding diaryl/α,β-unsaturated/α-hetero) is 1. The van der Waals surface area contributed by atoms with Crippen LogP contribution in [0.3, 0.4) is 0 Å². The third-order valence-corrected chi connectivity index (χ3v) is 5.54. The van der Waals surface area contributed by atoms with Crippen LogP contribution in [-0.4, -0.2) is 32.9 Å². The molecule has 0 amide bonds. The van der Waals surface area contributed by atoms with E-state index in [1.807, 2.05) is 48.5 Å². The van der Waals surface area contributed by atoms with E-state index in [9.17, 15) is 9.82 Å². The number of ketones is 1. The van der Waals surface area contributed by atoms with Crippen molar-refractivity contribution < 1.29 is 14.5 Å². The summed E-state index contributed by atoms with van der Waals surface area (Å²) in [6, 6.07) is 15.4. The van der Waals surface area contributed by atoms with Gasteiger partial charge in [0.05, 0.1) is 17.5 Å². The van der Waals surface area contributed by atoms with Gasteiger partial charge in [-0.25, -0.2) is 4.68 Å². The lowest BCUT2D eigenvalue weighted by molar-refractivity contribution is -0.0152. The number of carbonyl (C=O) groups excluding carboxylic acids is 1. The normalized spacial score (nSPS) is 17.0. The molecule has 1 aliphatic heterocycles. The fourth-order valence-corrected chi connectivity index (χ4v) is 3.94. The quantitative estimate of drug-likeness (QED) is 0.568. The van der Waals surface area contributed by atoms with Gasteiger partial charge in [0.15, 0.2) is 5.78 Å². The van der Waals surface area contributed by atoms with Crippen molar-refractivity contribution in [3.8, 4) is 5.69 Å². The Hall–Kier alpha value is -2.77. The Labute approximate surface area is 156 Å². The highest BCUT2D eigenvalue weighted by Crippen LogP contribution is 2.47. The Morgan fingerprint density at radius 2 is 2.04 bits per heavy atom. The van der Waals surface area contributed by atoms with Gasteiger partial charge in [0, 0.05) is 6.42 Å². The van der Waals surface area contributed by atoms with Gasteiger partial charge >= 0.3 is 7.12 Å². The summed E-state index contributed by atoms with van der Waals surface area (Å²) in [4.78, 5) is 12.6. The molecule has 0 bridgehead atoms. The molecule has 0 atom stereocenters. The average Bonchev–Trinajstić information content (AvgIpc) is 3.26. The zero-order valence-electron chi connectivity index (χ0n) is 14.7. The number of nitrogens with zero attached hydrogens (tertiary/aromatic N) is 3. The van der Waals surface area contributed by atoms with E-state index in [1.54, 1.807) is 10.9 Å². The number of hydrogen-bond acceptors (Lipinski definition) is 5. The highest BCUT2D eigenvalue weighted by atomic mass is 16.5. The molecule has 7 heteroatoms. The summed E-state index contributed by atoms with van der Waals surface area (Å²) in [6.07, 6.45) is 4.85. The summed E-state index contributed by atoms with van der Waals surface area (Å²) in [6.45, 7) is 0. The van der Waals surface area contributed by atoms with E-state index >= 15 is 0 Å². The Morgan fingerprint density at radius 3 is 2.78 bits per heavy atom. The van der Waals surface area contributed by atoms with Crippen LogP contribution in [0.5, 0.6) is 0 Å². The van der Waals surface area contributed by atoms with Crippen LogP contribution in [0.1, 0.15) is 40.9 Å². The zero-order chi connectivity index (χ0) is 18.4. The summed E-state index contributed by atoms with van der Waals surface area (Å²) >= 11 is 0. The van der Waals surface area contributed by atoms with Gasteiger partial charge in [-0.15, -0.1) is 5.10 Å². The molecule has 0 saturated heterocycles. The van der Waals surface area contributed by atoms with Crippen molar-refractivity contribution in [3.63, 3.8) is 0 Å². The molecule has 3 aromatic rings. The van der Waals surface area contributed by atoms with Crippen molar-refractivity contribution in [1.82, 2.24) is 15.0 Å². The Kier molecular flexibility index (Phi) is 3.74. The number of para-hydroxylation sites is 1. The van der Waals surface area contributed by atoms with Crippen molar-refractivity contribution >= 4 is 18.4 Å². The third-order valence-electron chi connectivity index (χ3n) is 5.54. The molecule has 134 valence electrons. The first kappa shape index (κ1) is 16.4. The van der Waals surface area contributed by atoms with Gasteiger partial charge in [0.2, 0.25) is 0 Å². The zero-order valence-corrected chi connectivity index (χ0v) is 14.7. The maximum atomic E-state index is 12.6. The standard InChI is InChI=1S/C20H18BN3O3/c25-19(18-13-24(23-22-18)15-5-2-1-3-6-15)12-14-7-8-16-17(11-14)21(26)27-20(16)9-4-10-20/h1-3,5-8,11,13,26H,4,9-10,12H2. The minimum absolute atomic E-state index is 0.108. The molecule has 1 saturated carbocycles. The number of aromatic nitrogens is 3. The summed E-state index contributed by atoms with van der Waals surface area (Å²) < 4.78 is 7.39. The lowest BCUT2D eigenvalue weighted by atomic mass is 9.72. The largest absolute Gasteiger partial charge is 0.492 e. The highest BCUT2D eigenvalue weighted by molar-refractivity contribution is 6.62. The average molecular weight is 359 g/mol. The van der Waals surface area contributed by atoms with E-state index < -0.39 is 7.12 Å². The maximum Gasteiger partial charge on any atom is 0.492 e. The number of fused-ring (bicyclic) bond motifs is 2. The van der Waals surface area contributed by atoms with Crippen LogP contribution in [0.4, 0.5) is 0 Å². The van der Waals surface area contributed by atoms with Crippen LogP contribution in [0.2, 0.25) is 0 Å². The van der Waals surface area contributed by atoms with Crippen molar-refractivity contribution in [1.29, 1.82) is 0 Å². The van der Waals surface area contributed by atoms with Crippen LogP contribution in [-0.2, 0) is 16.7 Å². The van der Waals surface area contributed by atoms with Crippen molar-refractivity contribution in [3.05, 3.63) is 71.5 Å². The molecular weight excluding hydrogens is 341 g/mol. The van der Waals surface area contributed by atoms with E-state index in [0.29, 0.717) is 5.69 Å². The minimum Gasteiger partial charge on any atom is -0.423 e. The molecule has 5 rings (SSSR count). The van der Waals surface area contributed by atoms with Crippen LogP contribution in [0, 0.1) is 0 Å². The van der Waals surface area contributed by atoms with Gasteiger partial charge in [-0.05, 0) is 48.0 Å². The van der Waals surface area contributed by atoms with Gasteiger partial charge in [0.1, 0.15) is 5.69 Å². The van der Waals surface area contributed by atoms with Crippen molar-refractivity contribution in [2.75, 3.05) is 0 Å². The highest BCUT2D eigenvalue weighted by Gasteiger charge is 2.50. The number of benzene rings is 2. The molecule has 2 heterocycles. The number of hydrogen-bond donors (Lipinski definition) is 1. The van der Waals surface area contributed by atoms with E-state index in [-0.39, 0.29) is 17.8 Å². The fourth-order valence-electron chi connectivity index (χ4n) is 3.94. The van der Waals surface area contributed by atoms with Crippen molar-refractivity contribution in [2.24, 2.45) is 0 Å². The van der Waals surface area contributed by atoms with Crippen molar-refractivity contribution in [2.45, 2.75) is 31.3 Å². The smallest absolute Gasteiger partial charge is 0.423 e. The molecule has 1 aliphatic carbocycles. The van der Waals surface area contributed by atoms with E-state index in [2.05, 4.69) is 10.3 Å². The summed E-state index contributed by atoms with van der Waals surface area (Å²) in [7, 11) is -0.908. The van der Waals surface area contributed by atoms with Gasteiger partial charge in [0.25, 0.3) is 0 Å². The first-order valence-electron chi connectivity index (χ1n) is 9.15. The maximum absolute atomic E-state index is 12.6. The summed E-state index contributed by atoms with van der Waals surface area (Å²) in [5.41, 5.74) is 3.56. The second-order valence-corrected chi connectivity index (χ2v) is 7.22. The molecule has 0 radical (unpaired) electrons. The molecular formula is C20H18BN3O3. The molecule has 1 aromatic heterocycles. The molecule has 2 aromatic carbocycles. The first-order chi connectivity index (χ1) is 13.1. The number of rotatable bonds is 4. The summed E-state index contributed by atoms with van der Waals surface area (Å²) in [5, 5.41) is 18.3. The molecule has 1 N–H and O–H groups in total. The SMILES string of the molecule is O=C(Cc1ccc2c(c1)B(O)OC21CCC1)c1cn(-c2ccccc2)nn1. The van der Waals surface area contributed by atoms with E-state index in [1.165, 1.54) is 0 Å². The molecule has 0 unspecified atom stereocenters. The Morgan fingerprint density at radius 1 is 1.22 bits per heavy atom. The van der Waals surface area contributed by atoms with Crippen LogP contribution in [0.25, 0.3) is 5.69 Å². The fraction of sp³-hybridized carbons (Fsp3) is 0.250. The Balaban J connectivity index is 1.36. The minimum atomic E-state index is -0.908. The first-order valence-corrected chi connectivity index (χ1v) is 9.15.